The van der Waals surface area contributed by atoms with Crippen molar-refractivity contribution in [1.29, 1.82) is 0 Å². The summed E-state index contributed by atoms with van der Waals surface area (Å²) >= 11 is 0. The number of hydrogen-bond acceptors (Lipinski definition) is 6. The Morgan fingerprint density at radius 2 is 1.43 bits per heavy atom. The van der Waals surface area contributed by atoms with Gasteiger partial charge in [-0.25, -0.2) is 0 Å². The quantitative estimate of drug-likeness (QED) is 0.0983. The number of anilines is 1. The largest absolute Gasteiger partial charge is 0.416 e. The third-order valence-corrected chi connectivity index (χ3v) is 11.0. The maximum Gasteiger partial charge on any atom is 0.416 e. The van der Waals surface area contributed by atoms with Gasteiger partial charge in [-0.2, -0.15) is 13.2 Å². The predicted molar refractivity (Wildman–Crippen MR) is 230 cm³/mol. The number of aromatic amines is 1. The van der Waals surface area contributed by atoms with Gasteiger partial charge in [0.15, 0.2) is 0 Å². The second kappa shape index (κ2) is 19.1. The van der Waals surface area contributed by atoms with Crippen molar-refractivity contribution >= 4 is 51.0 Å². The van der Waals surface area contributed by atoms with E-state index in [2.05, 4.69) is 42.9 Å². The number of para-hydroxylation sites is 2. The first kappa shape index (κ1) is 42.5. The molecule has 316 valence electrons. The molecule has 1 aliphatic rings. The van der Waals surface area contributed by atoms with Crippen LogP contribution >= 0.6 is 0 Å². The number of likely N-dealkylation sites (N-methyl/N-ethyl adjacent to an activating group) is 1. The summed E-state index contributed by atoms with van der Waals surface area (Å²) in [5.74, 6) is -2.31. The van der Waals surface area contributed by atoms with E-state index in [0.29, 0.717) is 29.6 Å². The zero-order valence-electron chi connectivity index (χ0n) is 33.8. The van der Waals surface area contributed by atoms with Crippen LogP contribution in [0.2, 0.25) is 0 Å². The molecule has 0 unspecified atom stereocenters. The number of aromatic nitrogens is 1. The molecular weight excluding hydrogens is 784 g/mol. The molecule has 11 nitrogen and oxygen atoms in total. The van der Waals surface area contributed by atoms with Gasteiger partial charge in [-0.3, -0.25) is 24.1 Å². The van der Waals surface area contributed by atoms with Crippen LogP contribution < -0.4 is 20.9 Å². The lowest BCUT2D eigenvalue weighted by molar-refractivity contribution is -0.138. The molecule has 7 rings (SSSR count). The Morgan fingerprint density at radius 3 is 2.16 bits per heavy atom. The first-order valence-electron chi connectivity index (χ1n) is 20.3. The number of amides is 4. The summed E-state index contributed by atoms with van der Waals surface area (Å²) in [4.78, 5) is 64.9. The van der Waals surface area contributed by atoms with Crippen molar-refractivity contribution in [2.75, 3.05) is 51.2 Å². The summed E-state index contributed by atoms with van der Waals surface area (Å²) in [7, 11) is 1.50. The molecule has 4 amide bonds. The minimum Gasteiger partial charge on any atom is -0.369 e. The Kier molecular flexibility index (Phi) is 13.3. The summed E-state index contributed by atoms with van der Waals surface area (Å²) in [5, 5.41) is 11.0. The Morgan fingerprint density at radius 1 is 0.754 bits per heavy atom. The highest BCUT2D eigenvalue weighted by Gasteiger charge is 2.32. The van der Waals surface area contributed by atoms with Crippen molar-refractivity contribution in [2.45, 2.75) is 37.6 Å². The average Bonchev–Trinajstić information content (AvgIpc) is 3.70. The number of alkyl halides is 3. The van der Waals surface area contributed by atoms with Gasteiger partial charge >= 0.3 is 6.18 Å². The van der Waals surface area contributed by atoms with E-state index in [0.717, 1.165) is 54.6 Å². The van der Waals surface area contributed by atoms with Crippen LogP contribution in [0, 0.1) is 0 Å². The molecule has 6 aromatic rings. The fraction of sp³-hybridized carbons (Fsp3) is 0.277. The summed E-state index contributed by atoms with van der Waals surface area (Å²) in [6.07, 6.45) is -3.32. The van der Waals surface area contributed by atoms with Gasteiger partial charge in [0.2, 0.25) is 17.7 Å². The fourth-order valence-corrected chi connectivity index (χ4v) is 7.67. The number of rotatable bonds is 15. The van der Waals surface area contributed by atoms with E-state index in [9.17, 15) is 32.3 Å². The maximum absolute atomic E-state index is 14.3. The van der Waals surface area contributed by atoms with E-state index >= 15 is 0 Å². The third kappa shape index (κ3) is 10.9. The summed E-state index contributed by atoms with van der Waals surface area (Å²) in [6.45, 7) is 4.21. The summed E-state index contributed by atoms with van der Waals surface area (Å²) in [6, 6.07) is 32.8. The number of carbonyl (C=O) groups is 4. The molecule has 14 heteroatoms. The van der Waals surface area contributed by atoms with Crippen LogP contribution in [-0.2, 0) is 33.5 Å². The van der Waals surface area contributed by atoms with Crippen molar-refractivity contribution in [3.8, 4) is 0 Å². The van der Waals surface area contributed by atoms with Crippen LogP contribution in [0.25, 0.3) is 21.7 Å². The molecule has 0 spiro atoms. The number of nitrogens with one attached hydrogen (secondary N) is 4. The highest BCUT2D eigenvalue weighted by Crippen LogP contribution is 2.29. The highest BCUT2D eigenvalue weighted by atomic mass is 19.4. The van der Waals surface area contributed by atoms with E-state index < -0.39 is 53.9 Å². The molecule has 4 N–H and O–H groups in total. The van der Waals surface area contributed by atoms with Gasteiger partial charge in [-0.1, -0.05) is 91.0 Å². The average molecular weight is 832 g/mol. The normalized spacial score (nSPS) is 14.3. The van der Waals surface area contributed by atoms with E-state index in [-0.39, 0.29) is 18.5 Å². The number of carbonyl (C=O) groups excluding carboxylic acids is 4. The first-order valence-corrected chi connectivity index (χ1v) is 20.3. The van der Waals surface area contributed by atoms with Crippen LogP contribution in [0.3, 0.4) is 0 Å². The lowest BCUT2D eigenvalue weighted by atomic mass is 10.00. The van der Waals surface area contributed by atoms with Crippen LogP contribution in [0.15, 0.2) is 128 Å². The number of H-pyrrole nitrogens is 1. The lowest BCUT2D eigenvalue weighted by Gasteiger charge is -2.36. The van der Waals surface area contributed by atoms with Crippen molar-refractivity contribution in [3.05, 3.63) is 150 Å². The zero-order chi connectivity index (χ0) is 42.9. The van der Waals surface area contributed by atoms with E-state index in [1.54, 1.807) is 12.1 Å². The second-order valence-electron chi connectivity index (χ2n) is 15.3. The molecular formula is C47H48F3N7O4. The number of halogens is 3. The topological polar surface area (TPSA) is 130 Å². The fourth-order valence-electron chi connectivity index (χ4n) is 7.67. The van der Waals surface area contributed by atoms with Crippen LogP contribution in [0.4, 0.5) is 18.9 Å². The molecule has 61 heavy (non-hydrogen) atoms. The molecule has 1 aliphatic heterocycles. The molecule has 1 saturated heterocycles. The van der Waals surface area contributed by atoms with Gasteiger partial charge in [0.25, 0.3) is 5.91 Å². The lowest BCUT2D eigenvalue weighted by Crippen LogP contribution is -2.55. The van der Waals surface area contributed by atoms with Gasteiger partial charge in [0.1, 0.15) is 12.1 Å². The van der Waals surface area contributed by atoms with Crippen molar-refractivity contribution < 1.29 is 32.3 Å². The smallest absolute Gasteiger partial charge is 0.369 e. The molecule has 2 atom stereocenters. The Bertz CT molecular complexity index is 2470. The zero-order valence-corrected chi connectivity index (χ0v) is 33.8. The van der Waals surface area contributed by atoms with Crippen molar-refractivity contribution in [2.24, 2.45) is 0 Å². The van der Waals surface area contributed by atoms with Crippen LogP contribution in [-0.4, -0.2) is 96.8 Å². The molecule has 0 bridgehead atoms. The summed E-state index contributed by atoms with van der Waals surface area (Å²) < 4.78 is 39.8. The van der Waals surface area contributed by atoms with Gasteiger partial charge in [-0.15, -0.1) is 0 Å². The monoisotopic (exact) mass is 831 g/mol. The Balaban J connectivity index is 1.07. The number of fused-ring (bicyclic) bond motifs is 2. The van der Waals surface area contributed by atoms with Crippen molar-refractivity contribution in [3.63, 3.8) is 0 Å². The van der Waals surface area contributed by atoms with E-state index in [1.807, 2.05) is 72.8 Å². The minimum absolute atomic E-state index is 0.0362. The molecule has 0 saturated carbocycles. The van der Waals surface area contributed by atoms with Gasteiger partial charge in [-0.05, 0) is 52.2 Å². The van der Waals surface area contributed by atoms with Gasteiger partial charge < -0.3 is 30.7 Å². The van der Waals surface area contributed by atoms with Crippen LogP contribution in [0.5, 0.6) is 0 Å². The Labute approximate surface area is 351 Å². The van der Waals surface area contributed by atoms with Crippen LogP contribution in [0.1, 0.15) is 33.5 Å². The number of hydrogen-bond donors (Lipinski definition) is 4. The highest BCUT2D eigenvalue weighted by molar-refractivity contribution is 6.08. The van der Waals surface area contributed by atoms with E-state index in [1.165, 1.54) is 36.0 Å². The Hall–Kier alpha value is -6.67. The second-order valence-corrected chi connectivity index (χ2v) is 15.3. The molecule has 0 radical (unpaired) electrons. The maximum atomic E-state index is 14.3. The molecule has 0 aliphatic carbocycles. The van der Waals surface area contributed by atoms with Gasteiger partial charge in [0, 0.05) is 82.1 Å². The van der Waals surface area contributed by atoms with E-state index in [4.69, 9.17) is 0 Å². The van der Waals surface area contributed by atoms with Crippen molar-refractivity contribution in [1.82, 2.24) is 30.7 Å². The molecule has 5 aromatic carbocycles. The number of nitrogens with zero attached hydrogens (tertiary/aromatic N) is 3. The first-order chi connectivity index (χ1) is 29.4. The number of benzene rings is 5. The minimum atomic E-state index is -4.51. The number of piperazine rings is 1. The SMILES string of the molecule is CN(Cc1ccc(C(F)(F)F)cc1)C(=O)[C@H](Cc1ccc2ccccc2c1)NC(=O)[C@H](CC(=O)NCCN1CCN(c2ccccc2)CC1)NC(=O)c1c[nH]c2ccccc12. The third-order valence-electron chi connectivity index (χ3n) is 11.0. The molecule has 2 heterocycles. The van der Waals surface area contributed by atoms with Gasteiger partial charge in [0.05, 0.1) is 17.5 Å². The standard InChI is InChI=1S/C47H48F3N7O4/c1-55(31-32-16-19-36(20-17-32)47(48,49)50)46(61)42(28-33-15-18-34-9-5-6-10-35(34)27-33)54-45(60)41(53-44(59)39-30-52-40-14-8-7-13-38(39)40)29-43(58)51-21-22-56-23-25-57(26-24-56)37-11-3-2-4-12-37/h2-20,27,30,41-42,52H,21-26,28-29,31H2,1H3,(H,51,58)(H,53,59)(H,54,60)/t41-,42-/m0/s1. The molecule has 1 fully saturated rings. The predicted octanol–water partition coefficient (Wildman–Crippen LogP) is 6.15. The summed E-state index contributed by atoms with van der Waals surface area (Å²) in [5.41, 5.74) is 2.55. The molecule has 1 aromatic heterocycles.